The van der Waals surface area contributed by atoms with Gasteiger partial charge in [-0.3, -0.25) is 9.59 Å². The van der Waals surface area contributed by atoms with Gasteiger partial charge in [0.05, 0.1) is 7.11 Å². The second kappa shape index (κ2) is 4.77. The molecule has 0 aromatic heterocycles. The fourth-order valence-electron chi connectivity index (χ4n) is 2.58. The molecule has 1 fully saturated rings. The Labute approximate surface area is 106 Å². The average Bonchev–Trinajstić information content (AvgIpc) is 2.81. The smallest absolute Gasteiger partial charge is 0.323 e. The van der Waals surface area contributed by atoms with E-state index in [9.17, 15) is 9.59 Å². The van der Waals surface area contributed by atoms with Crippen molar-refractivity contribution in [1.29, 1.82) is 0 Å². The minimum absolute atomic E-state index is 0.197. The zero-order chi connectivity index (χ0) is 13.2. The van der Waals surface area contributed by atoms with Gasteiger partial charge in [0.2, 0.25) is 0 Å². The molecule has 3 nitrogen and oxygen atoms in total. The van der Waals surface area contributed by atoms with Gasteiger partial charge in [-0.25, -0.2) is 0 Å². The SMILES string of the molecule is C=C1CCC[C@@]1(C(=O)OC)C(=O)c1ccccc1. The highest BCUT2D eigenvalue weighted by molar-refractivity contribution is 6.15. The van der Waals surface area contributed by atoms with Gasteiger partial charge in [-0.2, -0.15) is 0 Å². The van der Waals surface area contributed by atoms with Gasteiger partial charge in [0.1, 0.15) is 0 Å². The summed E-state index contributed by atoms with van der Waals surface area (Å²) in [6.07, 6.45) is 1.99. The Morgan fingerprint density at radius 2 is 1.94 bits per heavy atom. The zero-order valence-electron chi connectivity index (χ0n) is 10.4. The molecule has 18 heavy (non-hydrogen) atoms. The van der Waals surface area contributed by atoms with Crippen molar-refractivity contribution in [2.24, 2.45) is 5.41 Å². The Morgan fingerprint density at radius 1 is 1.28 bits per heavy atom. The molecule has 0 bridgehead atoms. The van der Waals surface area contributed by atoms with Gasteiger partial charge in [0.25, 0.3) is 0 Å². The summed E-state index contributed by atoms with van der Waals surface area (Å²) >= 11 is 0. The maximum Gasteiger partial charge on any atom is 0.323 e. The van der Waals surface area contributed by atoms with Crippen molar-refractivity contribution in [1.82, 2.24) is 0 Å². The number of Topliss-reactive ketones (excluding diaryl/α,β-unsaturated/α-hetero) is 1. The molecule has 0 saturated heterocycles. The monoisotopic (exact) mass is 244 g/mol. The van der Waals surface area contributed by atoms with E-state index in [1.165, 1.54) is 7.11 Å². The summed E-state index contributed by atoms with van der Waals surface area (Å²) in [5, 5.41) is 0. The van der Waals surface area contributed by atoms with Crippen LogP contribution in [0, 0.1) is 5.41 Å². The minimum atomic E-state index is -1.17. The third-order valence-electron chi connectivity index (χ3n) is 3.59. The second-order valence-corrected chi connectivity index (χ2v) is 4.55. The van der Waals surface area contributed by atoms with Crippen LogP contribution >= 0.6 is 0 Å². The Balaban J connectivity index is 2.46. The molecular weight excluding hydrogens is 228 g/mol. The summed E-state index contributed by atoms with van der Waals surface area (Å²) in [4.78, 5) is 24.7. The molecule has 2 rings (SSSR count). The number of benzene rings is 1. The number of ketones is 1. The van der Waals surface area contributed by atoms with Crippen molar-refractivity contribution in [2.45, 2.75) is 19.3 Å². The number of carbonyl (C=O) groups is 2. The molecule has 1 aromatic carbocycles. The fraction of sp³-hybridized carbons (Fsp3) is 0.333. The highest BCUT2D eigenvalue weighted by Gasteiger charge is 2.51. The van der Waals surface area contributed by atoms with Crippen LogP contribution < -0.4 is 0 Å². The van der Waals surface area contributed by atoms with Gasteiger partial charge in [-0.1, -0.05) is 42.5 Å². The van der Waals surface area contributed by atoms with E-state index in [-0.39, 0.29) is 5.78 Å². The van der Waals surface area contributed by atoms with Crippen LogP contribution in [-0.2, 0) is 9.53 Å². The van der Waals surface area contributed by atoms with Crippen LogP contribution in [0.2, 0.25) is 0 Å². The molecule has 0 aliphatic heterocycles. The number of hydrogen-bond donors (Lipinski definition) is 0. The number of esters is 1. The van der Waals surface area contributed by atoms with Gasteiger partial charge in [-0.15, -0.1) is 0 Å². The van der Waals surface area contributed by atoms with Gasteiger partial charge in [0.15, 0.2) is 11.2 Å². The Morgan fingerprint density at radius 3 is 2.44 bits per heavy atom. The van der Waals surface area contributed by atoms with Crippen molar-refractivity contribution < 1.29 is 14.3 Å². The van der Waals surface area contributed by atoms with Crippen molar-refractivity contribution in [2.75, 3.05) is 7.11 Å². The summed E-state index contributed by atoms with van der Waals surface area (Å²) in [5.74, 6) is -0.684. The van der Waals surface area contributed by atoms with E-state index in [4.69, 9.17) is 4.74 Å². The minimum Gasteiger partial charge on any atom is -0.468 e. The van der Waals surface area contributed by atoms with E-state index < -0.39 is 11.4 Å². The van der Waals surface area contributed by atoms with Gasteiger partial charge in [-0.05, 0) is 19.3 Å². The molecule has 1 aromatic rings. The van der Waals surface area contributed by atoms with Crippen LogP contribution in [0.3, 0.4) is 0 Å². The highest BCUT2D eigenvalue weighted by Crippen LogP contribution is 2.45. The lowest BCUT2D eigenvalue weighted by Crippen LogP contribution is -2.39. The predicted octanol–water partition coefficient (Wildman–Crippen LogP) is 2.77. The summed E-state index contributed by atoms with van der Waals surface area (Å²) in [5.41, 5.74) is 0.0324. The van der Waals surface area contributed by atoms with Gasteiger partial charge >= 0.3 is 5.97 Å². The van der Waals surface area contributed by atoms with Crippen molar-refractivity contribution >= 4 is 11.8 Å². The third-order valence-corrected chi connectivity index (χ3v) is 3.59. The Bertz CT molecular complexity index is 490. The molecule has 94 valence electrons. The third kappa shape index (κ3) is 1.76. The first kappa shape index (κ1) is 12.6. The van der Waals surface area contributed by atoms with Crippen molar-refractivity contribution in [3.63, 3.8) is 0 Å². The lowest BCUT2D eigenvalue weighted by Gasteiger charge is -2.25. The summed E-state index contributed by atoms with van der Waals surface area (Å²) in [6, 6.07) is 8.86. The van der Waals surface area contributed by atoms with Crippen molar-refractivity contribution in [3.8, 4) is 0 Å². The van der Waals surface area contributed by atoms with E-state index in [0.717, 1.165) is 6.42 Å². The molecule has 0 amide bonds. The summed E-state index contributed by atoms with van der Waals surface area (Å²) < 4.78 is 4.83. The lowest BCUT2D eigenvalue weighted by molar-refractivity contribution is -0.147. The molecule has 0 spiro atoms. The maximum atomic E-state index is 12.6. The Hall–Kier alpha value is -1.90. The lowest BCUT2D eigenvalue weighted by atomic mass is 9.76. The largest absolute Gasteiger partial charge is 0.468 e. The zero-order valence-corrected chi connectivity index (χ0v) is 10.4. The second-order valence-electron chi connectivity index (χ2n) is 4.55. The molecule has 1 aliphatic rings. The van der Waals surface area contributed by atoms with Gasteiger partial charge in [0, 0.05) is 5.56 Å². The van der Waals surface area contributed by atoms with Gasteiger partial charge < -0.3 is 4.74 Å². The van der Waals surface area contributed by atoms with E-state index in [1.54, 1.807) is 24.3 Å². The standard InChI is InChI=1S/C15H16O3/c1-11-7-6-10-15(11,14(17)18-2)13(16)12-8-4-3-5-9-12/h3-5,8-9H,1,6-7,10H2,2H3/t15-/m0/s1. The number of rotatable bonds is 3. The topological polar surface area (TPSA) is 43.4 Å². The quantitative estimate of drug-likeness (QED) is 0.355. The number of hydrogen-bond acceptors (Lipinski definition) is 3. The molecule has 1 atom stereocenters. The van der Waals surface area contributed by atoms with Crippen LogP contribution in [0.25, 0.3) is 0 Å². The molecule has 1 aliphatic carbocycles. The molecule has 0 radical (unpaired) electrons. The van der Waals surface area contributed by atoms with Crippen LogP contribution in [0.4, 0.5) is 0 Å². The molecule has 0 unspecified atom stereocenters. The maximum absolute atomic E-state index is 12.6. The number of carbonyl (C=O) groups excluding carboxylic acids is 2. The fourth-order valence-corrected chi connectivity index (χ4v) is 2.58. The van der Waals surface area contributed by atoms with E-state index in [1.807, 2.05) is 6.07 Å². The molecule has 0 heterocycles. The average molecular weight is 244 g/mol. The molecular formula is C15H16O3. The van der Waals surface area contributed by atoms with Crippen LogP contribution in [0.15, 0.2) is 42.5 Å². The predicted molar refractivity (Wildman–Crippen MR) is 68.2 cm³/mol. The van der Waals surface area contributed by atoms with E-state index in [0.29, 0.717) is 24.0 Å². The van der Waals surface area contributed by atoms with Crippen LogP contribution in [0.5, 0.6) is 0 Å². The van der Waals surface area contributed by atoms with Crippen LogP contribution in [0.1, 0.15) is 29.6 Å². The number of ether oxygens (including phenoxy) is 1. The molecule has 3 heteroatoms. The van der Waals surface area contributed by atoms with E-state index >= 15 is 0 Å². The molecule has 0 N–H and O–H groups in total. The normalized spacial score (nSPS) is 22.8. The highest BCUT2D eigenvalue weighted by atomic mass is 16.5. The summed E-state index contributed by atoms with van der Waals surface area (Å²) in [7, 11) is 1.31. The first-order valence-electron chi connectivity index (χ1n) is 5.99. The first-order valence-corrected chi connectivity index (χ1v) is 5.99. The Kier molecular flexibility index (Phi) is 3.32. The first-order chi connectivity index (χ1) is 8.63. The van der Waals surface area contributed by atoms with Crippen LogP contribution in [-0.4, -0.2) is 18.9 Å². The molecule has 1 saturated carbocycles. The number of methoxy groups -OCH3 is 1. The van der Waals surface area contributed by atoms with Crippen molar-refractivity contribution in [3.05, 3.63) is 48.0 Å². The van der Waals surface area contributed by atoms with E-state index in [2.05, 4.69) is 6.58 Å². The summed E-state index contributed by atoms with van der Waals surface area (Å²) in [6.45, 7) is 3.90.